The smallest absolute Gasteiger partial charge is 0.255 e. The largest absolute Gasteiger partial charge is 0.301 e. The quantitative estimate of drug-likeness (QED) is 0.411. The average molecular weight is 417 g/mol. The molecule has 1 atom stereocenters. The van der Waals surface area contributed by atoms with Crippen molar-refractivity contribution in [3.05, 3.63) is 81.6 Å². The minimum atomic E-state index is -0.146. The SMILES string of the molecule is C[C@]1(C2CCCCC2)Cc2ccccc2-c2nc(SCc3ccccc3)[nH]c(=O)c21. The van der Waals surface area contributed by atoms with Gasteiger partial charge in [0.05, 0.1) is 11.3 Å². The lowest BCUT2D eigenvalue weighted by atomic mass is 9.60. The first-order valence-electron chi connectivity index (χ1n) is 11.0. The number of H-pyrrole nitrogens is 1. The molecule has 0 unspecified atom stereocenters. The van der Waals surface area contributed by atoms with Crippen LogP contribution in [-0.4, -0.2) is 9.97 Å². The lowest BCUT2D eigenvalue weighted by molar-refractivity contribution is 0.213. The van der Waals surface area contributed by atoms with Crippen molar-refractivity contribution in [2.24, 2.45) is 5.92 Å². The predicted molar refractivity (Wildman–Crippen MR) is 124 cm³/mol. The van der Waals surface area contributed by atoms with Gasteiger partial charge in [0.25, 0.3) is 5.56 Å². The molecule has 1 fully saturated rings. The van der Waals surface area contributed by atoms with Gasteiger partial charge in [0, 0.05) is 16.7 Å². The maximum Gasteiger partial charge on any atom is 0.255 e. The molecule has 0 radical (unpaired) electrons. The van der Waals surface area contributed by atoms with E-state index in [2.05, 4.69) is 48.3 Å². The first kappa shape index (κ1) is 19.6. The third-order valence-electron chi connectivity index (χ3n) is 7.02. The first-order valence-corrected chi connectivity index (χ1v) is 12.0. The van der Waals surface area contributed by atoms with Crippen molar-refractivity contribution in [3.63, 3.8) is 0 Å². The Bertz CT molecular complexity index is 1100. The molecule has 1 aromatic heterocycles. The van der Waals surface area contributed by atoms with Gasteiger partial charge in [0.2, 0.25) is 0 Å². The molecular weight excluding hydrogens is 388 g/mol. The third-order valence-corrected chi connectivity index (χ3v) is 7.97. The summed E-state index contributed by atoms with van der Waals surface area (Å²) in [4.78, 5) is 21.6. The summed E-state index contributed by atoms with van der Waals surface area (Å²) in [7, 11) is 0. The van der Waals surface area contributed by atoms with Gasteiger partial charge in [-0.3, -0.25) is 4.79 Å². The molecule has 1 saturated carbocycles. The monoisotopic (exact) mass is 416 g/mol. The summed E-state index contributed by atoms with van der Waals surface area (Å²) in [5.74, 6) is 1.34. The first-order chi connectivity index (χ1) is 14.6. The second-order valence-electron chi connectivity index (χ2n) is 8.96. The van der Waals surface area contributed by atoms with Crippen LogP contribution in [0.2, 0.25) is 0 Å². The fourth-order valence-electron chi connectivity index (χ4n) is 5.45. The van der Waals surface area contributed by atoms with Crippen molar-refractivity contribution in [2.75, 3.05) is 0 Å². The molecule has 0 saturated heterocycles. The van der Waals surface area contributed by atoms with Gasteiger partial charge in [0.15, 0.2) is 5.16 Å². The van der Waals surface area contributed by atoms with E-state index < -0.39 is 0 Å². The highest BCUT2D eigenvalue weighted by atomic mass is 32.2. The molecule has 0 aliphatic heterocycles. The summed E-state index contributed by atoms with van der Waals surface area (Å²) in [6.07, 6.45) is 7.22. The third kappa shape index (κ3) is 3.51. The van der Waals surface area contributed by atoms with E-state index in [0.717, 1.165) is 29.0 Å². The molecule has 4 heteroatoms. The van der Waals surface area contributed by atoms with Crippen LogP contribution in [0.25, 0.3) is 11.3 Å². The molecular formula is C26H28N2OS. The maximum atomic E-state index is 13.5. The number of aromatic amines is 1. The van der Waals surface area contributed by atoms with Crippen LogP contribution in [0.5, 0.6) is 0 Å². The Hall–Kier alpha value is -2.33. The highest BCUT2D eigenvalue weighted by molar-refractivity contribution is 7.98. The van der Waals surface area contributed by atoms with Crippen LogP contribution >= 0.6 is 11.8 Å². The maximum absolute atomic E-state index is 13.5. The molecule has 2 aliphatic rings. The van der Waals surface area contributed by atoms with Crippen LogP contribution in [0, 0.1) is 5.92 Å². The van der Waals surface area contributed by atoms with Gasteiger partial charge in [-0.05, 0) is 36.3 Å². The van der Waals surface area contributed by atoms with Crippen LogP contribution in [0.3, 0.4) is 0 Å². The van der Waals surface area contributed by atoms with Gasteiger partial charge < -0.3 is 4.98 Å². The zero-order valence-corrected chi connectivity index (χ0v) is 18.3. The number of benzene rings is 2. The molecule has 0 bridgehead atoms. The zero-order chi connectivity index (χ0) is 20.6. The van der Waals surface area contributed by atoms with Crippen LogP contribution < -0.4 is 5.56 Å². The van der Waals surface area contributed by atoms with E-state index in [-0.39, 0.29) is 11.0 Å². The molecule has 0 spiro atoms. The van der Waals surface area contributed by atoms with Gasteiger partial charge in [-0.25, -0.2) is 4.98 Å². The van der Waals surface area contributed by atoms with Crippen molar-refractivity contribution in [2.45, 2.75) is 61.8 Å². The van der Waals surface area contributed by atoms with Crippen molar-refractivity contribution < 1.29 is 0 Å². The summed E-state index contributed by atoms with van der Waals surface area (Å²) in [6.45, 7) is 2.31. The number of hydrogen-bond acceptors (Lipinski definition) is 3. The zero-order valence-electron chi connectivity index (χ0n) is 17.5. The Morgan fingerprint density at radius 1 is 1.03 bits per heavy atom. The molecule has 2 aliphatic carbocycles. The summed E-state index contributed by atoms with van der Waals surface area (Å²) in [5.41, 5.74) is 5.42. The van der Waals surface area contributed by atoms with Gasteiger partial charge in [-0.15, -0.1) is 0 Å². The highest BCUT2D eigenvalue weighted by Gasteiger charge is 2.44. The fourth-order valence-corrected chi connectivity index (χ4v) is 6.27. The highest BCUT2D eigenvalue weighted by Crippen LogP contribution is 2.48. The van der Waals surface area contributed by atoms with E-state index in [0.29, 0.717) is 11.1 Å². The second kappa shape index (κ2) is 8.07. The van der Waals surface area contributed by atoms with Gasteiger partial charge in [-0.1, -0.05) is 92.5 Å². The van der Waals surface area contributed by atoms with E-state index in [4.69, 9.17) is 4.98 Å². The number of rotatable bonds is 4. The normalized spacial score (nSPS) is 21.1. The minimum absolute atomic E-state index is 0.0538. The Kier molecular flexibility index (Phi) is 5.28. The van der Waals surface area contributed by atoms with Gasteiger partial charge in [-0.2, -0.15) is 0 Å². The number of aromatic nitrogens is 2. The van der Waals surface area contributed by atoms with Crippen molar-refractivity contribution in [3.8, 4) is 11.3 Å². The standard InChI is InChI=1S/C26H28N2OS/c1-26(20-13-6-3-7-14-20)16-19-12-8-9-15-21(19)23-22(26)24(29)28-25(27-23)30-17-18-10-4-2-5-11-18/h2,4-5,8-12,15,20H,3,6-7,13-14,16-17H2,1H3,(H,27,28,29)/t26-/m1/s1. The lowest BCUT2D eigenvalue weighted by Crippen LogP contribution is -2.43. The Morgan fingerprint density at radius 3 is 2.57 bits per heavy atom. The van der Waals surface area contributed by atoms with Gasteiger partial charge >= 0.3 is 0 Å². The number of hydrogen-bond donors (Lipinski definition) is 1. The summed E-state index contributed by atoms with van der Waals surface area (Å²) >= 11 is 1.60. The number of nitrogens with zero attached hydrogens (tertiary/aromatic N) is 1. The summed E-state index contributed by atoms with van der Waals surface area (Å²) < 4.78 is 0. The van der Waals surface area contributed by atoms with E-state index in [1.54, 1.807) is 11.8 Å². The summed E-state index contributed by atoms with van der Waals surface area (Å²) in [6, 6.07) is 18.9. The predicted octanol–water partition coefficient (Wildman–Crippen LogP) is 6.12. The molecule has 3 aromatic rings. The van der Waals surface area contributed by atoms with Crippen molar-refractivity contribution >= 4 is 11.8 Å². The molecule has 3 nitrogen and oxygen atoms in total. The lowest BCUT2D eigenvalue weighted by Gasteiger charge is -2.43. The van der Waals surface area contributed by atoms with Crippen LogP contribution in [0.4, 0.5) is 0 Å². The van der Waals surface area contributed by atoms with Crippen molar-refractivity contribution in [1.29, 1.82) is 0 Å². The average Bonchev–Trinajstić information content (AvgIpc) is 2.79. The van der Waals surface area contributed by atoms with E-state index in [1.165, 1.54) is 43.2 Å². The van der Waals surface area contributed by atoms with E-state index >= 15 is 0 Å². The number of fused-ring (bicyclic) bond motifs is 3. The second-order valence-corrected chi connectivity index (χ2v) is 9.92. The summed E-state index contributed by atoms with van der Waals surface area (Å²) in [5, 5.41) is 0.713. The van der Waals surface area contributed by atoms with E-state index in [9.17, 15) is 4.79 Å². The molecule has 1 heterocycles. The van der Waals surface area contributed by atoms with Crippen LogP contribution in [-0.2, 0) is 17.6 Å². The van der Waals surface area contributed by atoms with Crippen LogP contribution in [0.15, 0.2) is 64.5 Å². The Morgan fingerprint density at radius 2 is 1.77 bits per heavy atom. The van der Waals surface area contributed by atoms with Gasteiger partial charge in [0.1, 0.15) is 0 Å². The Balaban J connectivity index is 1.58. The fraction of sp³-hybridized carbons (Fsp3) is 0.385. The molecule has 1 N–H and O–H groups in total. The Labute approximate surface area is 182 Å². The number of nitrogens with one attached hydrogen (secondary N) is 1. The topological polar surface area (TPSA) is 45.8 Å². The molecule has 0 amide bonds. The minimum Gasteiger partial charge on any atom is -0.301 e. The molecule has 5 rings (SSSR count). The van der Waals surface area contributed by atoms with Crippen LogP contribution in [0.1, 0.15) is 55.7 Å². The molecule has 2 aromatic carbocycles. The molecule has 154 valence electrons. The van der Waals surface area contributed by atoms with E-state index in [1.807, 2.05) is 18.2 Å². The molecule has 30 heavy (non-hydrogen) atoms. The number of thioether (sulfide) groups is 1. The van der Waals surface area contributed by atoms with Crippen molar-refractivity contribution in [1.82, 2.24) is 9.97 Å².